The number of benzene rings is 3. The Labute approximate surface area is 207 Å². The van der Waals surface area contributed by atoms with E-state index < -0.39 is 24.3 Å². The van der Waals surface area contributed by atoms with Gasteiger partial charge in [-0.25, -0.2) is 9.59 Å². The summed E-state index contributed by atoms with van der Waals surface area (Å²) in [6.45, 7) is -0.238. The molecule has 3 rings (SSSR count). The molecule has 0 spiro atoms. The Morgan fingerprint density at radius 1 is 1.00 bits per heavy atom. The lowest BCUT2D eigenvalue weighted by atomic mass is 10.0. The zero-order chi connectivity index (χ0) is 25.8. The molecule has 0 heterocycles. The molecule has 0 saturated carbocycles. The molecule has 0 unspecified atom stereocenters. The molecule has 9 nitrogen and oxygen atoms in total. The standard InChI is InChI=1S/C27H24N2O7/c28-18-19-10-12-20(13-11-19)29-27(33)36-26(22-8-4-5-9-23(22)34-17-16-30)24(14-15-25(31)32)35-21-6-2-1-3-7-21/h1-15,24,26,30H,16-17H2,(H,29,33)(H,31,32)/b15-14+/t24-,26-/m1/s1. The number of carbonyl (C=O) groups is 2. The van der Waals surface area contributed by atoms with Gasteiger partial charge in [-0.05, 0) is 48.5 Å². The van der Waals surface area contributed by atoms with Gasteiger partial charge in [-0.1, -0.05) is 36.4 Å². The fourth-order valence-corrected chi connectivity index (χ4v) is 3.24. The van der Waals surface area contributed by atoms with Crippen molar-refractivity contribution in [3.8, 4) is 17.6 Å². The molecule has 0 aliphatic rings. The molecular formula is C27H24N2O7. The molecule has 2 atom stereocenters. The summed E-state index contributed by atoms with van der Waals surface area (Å²) < 4.78 is 17.4. The number of rotatable bonds is 11. The van der Waals surface area contributed by atoms with Crippen LogP contribution < -0.4 is 14.8 Å². The van der Waals surface area contributed by atoms with E-state index in [0.29, 0.717) is 28.3 Å². The quantitative estimate of drug-likeness (QED) is 0.340. The van der Waals surface area contributed by atoms with Crippen molar-refractivity contribution in [3.63, 3.8) is 0 Å². The third kappa shape index (κ3) is 7.62. The van der Waals surface area contributed by atoms with E-state index in [-0.39, 0.29) is 13.2 Å². The summed E-state index contributed by atoms with van der Waals surface area (Å²) in [5.41, 5.74) is 1.22. The number of aliphatic hydroxyl groups excluding tert-OH is 1. The summed E-state index contributed by atoms with van der Waals surface area (Å²) >= 11 is 0. The second kappa shape index (κ2) is 13.2. The molecule has 0 radical (unpaired) electrons. The minimum atomic E-state index is -1.21. The Morgan fingerprint density at radius 3 is 2.36 bits per heavy atom. The molecule has 9 heteroatoms. The van der Waals surface area contributed by atoms with Gasteiger partial charge in [-0.2, -0.15) is 5.26 Å². The number of ether oxygens (including phenoxy) is 3. The Kier molecular flexibility index (Phi) is 9.44. The molecule has 0 aromatic heterocycles. The third-order valence-corrected chi connectivity index (χ3v) is 4.81. The number of para-hydroxylation sites is 2. The fraction of sp³-hybridized carbons (Fsp3) is 0.148. The van der Waals surface area contributed by atoms with Gasteiger partial charge < -0.3 is 24.4 Å². The minimum Gasteiger partial charge on any atom is -0.491 e. The van der Waals surface area contributed by atoms with Gasteiger partial charge in [-0.3, -0.25) is 5.32 Å². The van der Waals surface area contributed by atoms with E-state index in [2.05, 4.69) is 5.32 Å². The minimum absolute atomic E-state index is 0.00363. The van der Waals surface area contributed by atoms with Crippen molar-refractivity contribution >= 4 is 17.7 Å². The normalized spacial score (nSPS) is 12.2. The van der Waals surface area contributed by atoms with Crippen LogP contribution in [0.5, 0.6) is 11.5 Å². The number of carboxylic acids is 1. The molecule has 36 heavy (non-hydrogen) atoms. The van der Waals surface area contributed by atoms with Crippen molar-refractivity contribution in [1.82, 2.24) is 0 Å². The molecule has 0 aliphatic heterocycles. The molecular weight excluding hydrogens is 464 g/mol. The van der Waals surface area contributed by atoms with Crippen LogP contribution in [-0.2, 0) is 9.53 Å². The summed E-state index contributed by atoms with van der Waals surface area (Å²) in [5, 5.41) is 30.0. The number of carboxylic acid groups (broad SMARTS) is 1. The van der Waals surface area contributed by atoms with Gasteiger partial charge in [0.1, 0.15) is 18.1 Å². The highest BCUT2D eigenvalue weighted by atomic mass is 16.6. The molecule has 3 N–H and O–H groups in total. The smallest absolute Gasteiger partial charge is 0.412 e. The number of anilines is 1. The van der Waals surface area contributed by atoms with Crippen LogP contribution in [0.25, 0.3) is 0 Å². The number of aliphatic hydroxyl groups is 1. The summed E-state index contributed by atoms with van der Waals surface area (Å²) in [4.78, 5) is 24.2. The molecule has 0 fully saturated rings. The lowest BCUT2D eigenvalue weighted by Crippen LogP contribution is -2.30. The number of carbonyl (C=O) groups excluding carboxylic acids is 1. The Bertz CT molecular complexity index is 1220. The predicted molar refractivity (Wildman–Crippen MR) is 131 cm³/mol. The summed E-state index contributed by atoms with van der Waals surface area (Å²) in [6.07, 6.45) is -0.868. The van der Waals surface area contributed by atoms with Crippen LogP contribution in [0.1, 0.15) is 17.2 Å². The second-order valence-corrected chi connectivity index (χ2v) is 7.34. The van der Waals surface area contributed by atoms with E-state index in [1.54, 1.807) is 78.9 Å². The average Bonchev–Trinajstić information content (AvgIpc) is 2.90. The van der Waals surface area contributed by atoms with Crippen LogP contribution in [0.3, 0.4) is 0 Å². The monoisotopic (exact) mass is 488 g/mol. The number of amides is 1. The molecule has 0 aliphatic carbocycles. The van der Waals surface area contributed by atoms with E-state index in [1.807, 2.05) is 6.07 Å². The number of hydrogen-bond donors (Lipinski definition) is 3. The SMILES string of the molecule is N#Cc1ccc(NC(=O)O[C@H](c2ccccc2OCCO)[C@@H](/C=C/C(=O)O)Oc2ccccc2)cc1. The van der Waals surface area contributed by atoms with Crippen molar-refractivity contribution in [1.29, 1.82) is 5.26 Å². The van der Waals surface area contributed by atoms with E-state index in [9.17, 15) is 19.8 Å². The maximum absolute atomic E-state index is 12.9. The lowest BCUT2D eigenvalue weighted by Gasteiger charge is -2.27. The van der Waals surface area contributed by atoms with Crippen molar-refractivity contribution in [2.45, 2.75) is 12.2 Å². The molecule has 3 aromatic carbocycles. The second-order valence-electron chi connectivity index (χ2n) is 7.34. The fourth-order valence-electron chi connectivity index (χ4n) is 3.24. The van der Waals surface area contributed by atoms with Gasteiger partial charge in [0, 0.05) is 17.3 Å². The van der Waals surface area contributed by atoms with Gasteiger partial charge in [0.15, 0.2) is 12.2 Å². The Hall–Kier alpha value is -4.81. The zero-order valence-corrected chi connectivity index (χ0v) is 19.1. The number of aliphatic carboxylic acids is 1. The van der Waals surface area contributed by atoms with Crippen LogP contribution in [-0.4, -0.2) is 41.6 Å². The van der Waals surface area contributed by atoms with E-state index in [4.69, 9.17) is 19.5 Å². The molecule has 0 saturated heterocycles. The first-order valence-electron chi connectivity index (χ1n) is 10.9. The van der Waals surface area contributed by atoms with Crippen LogP contribution in [0.4, 0.5) is 10.5 Å². The van der Waals surface area contributed by atoms with E-state index in [0.717, 1.165) is 6.08 Å². The maximum atomic E-state index is 12.9. The van der Waals surface area contributed by atoms with Crippen LogP contribution in [0, 0.1) is 11.3 Å². The zero-order valence-electron chi connectivity index (χ0n) is 19.1. The number of nitrogens with one attached hydrogen (secondary N) is 1. The number of hydrogen-bond acceptors (Lipinski definition) is 7. The van der Waals surface area contributed by atoms with E-state index in [1.165, 1.54) is 6.08 Å². The third-order valence-electron chi connectivity index (χ3n) is 4.81. The molecule has 3 aromatic rings. The van der Waals surface area contributed by atoms with Gasteiger partial charge in [0.05, 0.1) is 18.2 Å². The van der Waals surface area contributed by atoms with Crippen LogP contribution in [0.15, 0.2) is 91.0 Å². The van der Waals surface area contributed by atoms with Crippen molar-refractivity contribution in [2.24, 2.45) is 0 Å². The van der Waals surface area contributed by atoms with Crippen molar-refractivity contribution in [3.05, 3.63) is 102 Å². The predicted octanol–water partition coefficient (Wildman–Crippen LogP) is 4.31. The van der Waals surface area contributed by atoms with Crippen molar-refractivity contribution < 1.29 is 34.0 Å². The van der Waals surface area contributed by atoms with Crippen molar-refractivity contribution in [2.75, 3.05) is 18.5 Å². The molecule has 1 amide bonds. The lowest BCUT2D eigenvalue weighted by molar-refractivity contribution is -0.131. The van der Waals surface area contributed by atoms with E-state index >= 15 is 0 Å². The maximum Gasteiger partial charge on any atom is 0.412 e. The highest BCUT2D eigenvalue weighted by Crippen LogP contribution is 2.33. The van der Waals surface area contributed by atoms with Gasteiger partial charge in [0.2, 0.25) is 0 Å². The first-order valence-corrected chi connectivity index (χ1v) is 10.9. The van der Waals surface area contributed by atoms with Gasteiger partial charge in [0.25, 0.3) is 0 Å². The summed E-state index contributed by atoms with van der Waals surface area (Å²) in [7, 11) is 0. The average molecular weight is 488 g/mol. The summed E-state index contributed by atoms with van der Waals surface area (Å²) in [6, 6.07) is 23.6. The Morgan fingerprint density at radius 2 is 1.69 bits per heavy atom. The molecule has 0 bridgehead atoms. The molecule has 184 valence electrons. The van der Waals surface area contributed by atoms with Gasteiger partial charge >= 0.3 is 12.1 Å². The first kappa shape index (κ1) is 25.8. The largest absolute Gasteiger partial charge is 0.491 e. The van der Waals surface area contributed by atoms with Gasteiger partial charge in [-0.15, -0.1) is 0 Å². The van der Waals surface area contributed by atoms with Crippen LogP contribution >= 0.6 is 0 Å². The highest BCUT2D eigenvalue weighted by Gasteiger charge is 2.30. The number of nitrogens with zero attached hydrogens (tertiary/aromatic N) is 1. The Balaban J connectivity index is 1.97. The summed E-state index contributed by atoms with van der Waals surface area (Å²) in [5.74, 6) is -0.456. The topological polar surface area (TPSA) is 138 Å². The highest BCUT2D eigenvalue weighted by molar-refractivity contribution is 5.85. The number of nitriles is 1. The first-order chi connectivity index (χ1) is 17.5. The van der Waals surface area contributed by atoms with Crippen LogP contribution in [0.2, 0.25) is 0 Å².